The molecule has 0 amide bonds. The minimum Gasteiger partial charge on any atom is -0.393 e. The number of aliphatic hydroxyl groups excluding tert-OH is 1. The highest BCUT2D eigenvalue weighted by Gasteiger charge is 2.15. The number of aliphatic hydroxyl groups is 1. The summed E-state index contributed by atoms with van der Waals surface area (Å²) in [6.07, 6.45) is 3.94. The van der Waals surface area contributed by atoms with Crippen molar-refractivity contribution in [2.75, 3.05) is 13.2 Å². The van der Waals surface area contributed by atoms with Gasteiger partial charge in [-0.15, -0.1) is 0 Å². The molecule has 0 bridgehead atoms. The maximum Gasteiger partial charge on any atom is 0.157 e. The Hall–Kier alpha value is -0.120. The van der Waals surface area contributed by atoms with Gasteiger partial charge < -0.3 is 14.6 Å². The molecular formula is C11H22O3. The van der Waals surface area contributed by atoms with E-state index in [1.165, 1.54) is 6.42 Å². The first-order chi connectivity index (χ1) is 6.68. The molecule has 1 aliphatic heterocycles. The second kappa shape index (κ2) is 6.38. The van der Waals surface area contributed by atoms with E-state index < -0.39 is 0 Å². The van der Waals surface area contributed by atoms with Crippen LogP contribution >= 0.6 is 0 Å². The Morgan fingerprint density at radius 3 is 2.79 bits per heavy atom. The molecule has 1 rings (SSSR count). The molecule has 14 heavy (non-hydrogen) atoms. The monoisotopic (exact) mass is 202 g/mol. The maximum atomic E-state index is 9.17. The lowest BCUT2D eigenvalue weighted by Gasteiger charge is -2.24. The molecule has 0 saturated carbocycles. The van der Waals surface area contributed by atoms with Crippen LogP contribution in [0, 0.1) is 5.92 Å². The van der Waals surface area contributed by atoms with Crippen LogP contribution < -0.4 is 0 Å². The van der Waals surface area contributed by atoms with Gasteiger partial charge in [0.1, 0.15) is 0 Å². The standard InChI is InChI=1S/C11H22O3/c1-9(7-10(2)12)8-14-11-5-3-4-6-13-11/h9-12H,3-8H2,1-2H3/t9-,10?,11?/m0/s1. The lowest BCUT2D eigenvalue weighted by molar-refractivity contribution is -0.169. The smallest absolute Gasteiger partial charge is 0.157 e. The van der Waals surface area contributed by atoms with E-state index in [4.69, 9.17) is 9.47 Å². The molecule has 1 saturated heterocycles. The summed E-state index contributed by atoms with van der Waals surface area (Å²) >= 11 is 0. The van der Waals surface area contributed by atoms with E-state index in [2.05, 4.69) is 6.92 Å². The summed E-state index contributed by atoms with van der Waals surface area (Å²) in [7, 11) is 0. The molecule has 0 aromatic rings. The van der Waals surface area contributed by atoms with E-state index in [-0.39, 0.29) is 12.4 Å². The van der Waals surface area contributed by atoms with E-state index in [1.54, 1.807) is 0 Å². The molecule has 2 unspecified atom stereocenters. The summed E-state index contributed by atoms with van der Waals surface area (Å²) in [4.78, 5) is 0. The summed E-state index contributed by atoms with van der Waals surface area (Å²) in [5.74, 6) is 0.403. The molecule has 0 spiro atoms. The summed E-state index contributed by atoms with van der Waals surface area (Å²) < 4.78 is 11.1. The molecule has 84 valence electrons. The Morgan fingerprint density at radius 2 is 2.21 bits per heavy atom. The fourth-order valence-corrected chi connectivity index (χ4v) is 1.76. The zero-order valence-corrected chi connectivity index (χ0v) is 9.24. The Bertz CT molecular complexity index is 141. The van der Waals surface area contributed by atoms with Crippen molar-refractivity contribution < 1.29 is 14.6 Å². The van der Waals surface area contributed by atoms with Gasteiger partial charge in [0, 0.05) is 6.61 Å². The molecule has 1 heterocycles. The zero-order chi connectivity index (χ0) is 10.4. The van der Waals surface area contributed by atoms with E-state index in [1.807, 2.05) is 6.92 Å². The first-order valence-corrected chi connectivity index (χ1v) is 5.59. The highest BCUT2D eigenvalue weighted by Crippen LogP contribution is 2.15. The second-order valence-electron chi connectivity index (χ2n) is 4.32. The van der Waals surface area contributed by atoms with Gasteiger partial charge in [0.2, 0.25) is 0 Å². The van der Waals surface area contributed by atoms with Gasteiger partial charge in [-0.3, -0.25) is 0 Å². The van der Waals surface area contributed by atoms with Crippen molar-refractivity contribution in [1.82, 2.24) is 0 Å². The highest BCUT2D eigenvalue weighted by molar-refractivity contribution is 4.59. The molecule has 3 nitrogen and oxygen atoms in total. The van der Waals surface area contributed by atoms with Crippen molar-refractivity contribution >= 4 is 0 Å². The Balaban J connectivity index is 2.06. The normalized spacial score (nSPS) is 27.2. The Labute approximate surface area is 86.4 Å². The molecular weight excluding hydrogens is 180 g/mol. The molecule has 1 N–H and O–H groups in total. The van der Waals surface area contributed by atoms with Crippen molar-refractivity contribution in [3.05, 3.63) is 0 Å². The van der Waals surface area contributed by atoms with Crippen LogP contribution in [0.15, 0.2) is 0 Å². The molecule has 0 aromatic heterocycles. The lowest BCUT2D eigenvalue weighted by Crippen LogP contribution is -2.25. The first-order valence-electron chi connectivity index (χ1n) is 5.59. The molecule has 1 fully saturated rings. The van der Waals surface area contributed by atoms with Gasteiger partial charge in [0.15, 0.2) is 6.29 Å². The summed E-state index contributed by atoms with van der Waals surface area (Å²) in [6.45, 7) is 5.42. The van der Waals surface area contributed by atoms with Crippen molar-refractivity contribution in [1.29, 1.82) is 0 Å². The van der Waals surface area contributed by atoms with Gasteiger partial charge in [-0.1, -0.05) is 6.92 Å². The fraction of sp³-hybridized carbons (Fsp3) is 1.00. The topological polar surface area (TPSA) is 38.7 Å². The van der Waals surface area contributed by atoms with Crippen LogP contribution in [0.4, 0.5) is 0 Å². The number of hydrogen-bond acceptors (Lipinski definition) is 3. The number of hydrogen-bond donors (Lipinski definition) is 1. The Kier molecular flexibility index (Phi) is 5.45. The van der Waals surface area contributed by atoms with Gasteiger partial charge in [-0.2, -0.15) is 0 Å². The van der Waals surface area contributed by atoms with Gasteiger partial charge in [-0.25, -0.2) is 0 Å². The van der Waals surface area contributed by atoms with E-state index in [9.17, 15) is 5.11 Å². The highest BCUT2D eigenvalue weighted by atomic mass is 16.7. The van der Waals surface area contributed by atoms with Gasteiger partial charge in [0.25, 0.3) is 0 Å². The van der Waals surface area contributed by atoms with E-state index in [0.717, 1.165) is 25.9 Å². The Morgan fingerprint density at radius 1 is 1.43 bits per heavy atom. The number of rotatable bonds is 5. The van der Waals surface area contributed by atoms with Crippen molar-refractivity contribution in [2.45, 2.75) is 51.9 Å². The third-order valence-electron chi connectivity index (χ3n) is 2.45. The average molecular weight is 202 g/mol. The van der Waals surface area contributed by atoms with Crippen LogP contribution in [0.2, 0.25) is 0 Å². The van der Waals surface area contributed by atoms with Crippen LogP contribution in [0.3, 0.4) is 0 Å². The molecule has 0 radical (unpaired) electrons. The average Bonchev–Trinajstić information content (AvgIpc) is 2.15. The van der Waals surface area contributed by atoms with Crippen LogP contribution in [0.1, 0.15) is 39.5 Å². The molecule has 0 aliphatic carbocycles. The lowest BCUT2D eigenvalue weighted by atomic mass is 10.1. The van der Waals surface area contributed by atoms with Crippen molar-refractivity contribution in [2.24, 2.45) is 5.92 Å². The zero-order valence-electron chi connectivity index (χ0n) is 9.24. The predicted molar refractivity (Wildman–Crippen MR) is 55.0 cm³/mol. The van der Waals surface area contributed by atoms with Crippen LogP contribution in [-0.4, -0.2) is 30.7 Å². The van der Waals surface area contributed by atoms with E-state index >= 15 is 0 Å². The van der Waals surface area contributed by atoms with Crippen molar-refractivity contribution in [3.63, 3.8) is 0 Å². The molecule has 3 atom stereocenters. The fourth-order valence-electron chi connectivity index (χ4n) is 1.76. The number of ether oxygens (including phenoxy) is 2. The van der Waals surface area contributed by atoms with Gasteiger partial charge in [0.05, 0.1) is 12.7 Å². The van der Waals surface area contributed by atoms with Crippen LogP contribution in [-0.2, 0) is 9.47 Å². The summed E-state index contributed by atoms with van der Waals surface area (Å²) in [6, 6.07) is 0. The molecule has 1 aliphatic rings. The third kappa shape index (κ3) is 4.94. The predicted octanol–water partition coefficient (Wildman–Crippen LogP) is 1.94. The quantitative estimate of drug-likeness (QED) is 0.740. The minimum absolute atomic E-state index is 0.000184. The molecule has 3 heteroatoms. The minimum atomic E-state index is -0.235. The summed E-state index contributed by atoms with van der Waals surface area (Å²) in [5, 5.41) is 9.17. The summed E-state index contributed by atoms with van der Waals surface area (Å²) in [5.41, 5.74) is 0. The molecule has 0 aromatic carbocycles. The second-order valence-corrected chi connectivity index (χ2v) is 4.32. The van der Waals surface area contributed by atoms with Gasteiger partial charge in [-0.05, 0) is 38.5 Å². The van der Waals surface area contributed by atoms with Crippen LogP contribution in [0.5, 0.6) is 0 Å². The SMILES string of the molecule is CC(O)C[C@H](C)COC1CCCCO1. The largest absolute Gasteiger partial charge is 0.393 e. The third-order valence-corrected chi connectivity index (χ3v) is 2.45. The van der Waals surface area contributed by atoms with Gasteiger partial charge >= 0.3 is 0 Å². The van der Waals surface area contributed by atoms with Crippen LogP contribution in [0.25, 0.3) is 0 Å². The first kappa shape index (κ1) is 12.0. The van der Waals surface area contributed by atoms with E-state index in [0.29, 0.717) is 12.5 Å². The van der Waals surface area contributed by atoms with Crippen molar-refractivity contribution in [3.8, 4) is 0 Å². The maximum absolute atomic E-state index is 9.17.